The minimum Gasteiger partial charge on any atom is -0.422 e. The van der Waals surface area contributed by atoms with E-state index in [2.05, 4.69) is 0 Å². The molecular weight excluding hydrogens is 400 g/mol. The molecule has 0 saturated heterocycles. The van der Waals surface area contributed by atoms with Gasteiger partial charge in [-0.25, -0.2) is 9.59 Å². The maximum absolute atomic E-state index is 12.8. The minimum absolute atomic E-state index is 0.413. The monoisotopic (exact) mass is 424 g/mol. The van der Waals surface area contributed by atoms with E-state index in [4.69, 9.17) is 9.47 Å². The van der Waals surface area contributed by atoms with Crippen LogP contribution in [0.25, 0.3) is 10.8 Å². The van der Waals surface area contributed by atoms with Gasteiger partial charge in [-0.15, -0.1) is 0 Å². The Morgan fingerprint density at radius 1 is 0.531 bits per heavy atom. The SMILES string of the molecule is Cc1cc(C)cc(C(=O)Oc2cccc3c(OC(=O)c4cc(C)cc(C)c4)cccc23)c1. The fourth-order valence-corrected chi connectivity index (χ4v) is 3.93. The molecule has 0 radical (unpaired) electrons. The molecule has 0 aromatic heterocycles. The van der Waals surface area contributed by atoms with Crippen LogP contribution < -0.4 is 9.47 Å². The lowest BCUT2D eigenvalue weighted by molar-refractivity contribution is 0.0725. The number of carbonyl (C=O) groups excluding carboxylic acids is 2. The summed E-state index contributed by atoms with van der Waals surface area (Å²) < 4.78 is 11.4. The zero-order chi connectivity index (χ0) is 22.8. The van der Waals surface area contributed by atoms with Crippen molar-refractivity contribution in [3.05, 3.63) is 106 Å². The van der Waals surface area contributed by atoms with Crippen LogP contribution in [0.2, 0.25) is 0 Å². The van der Waals surface area contributed by atoms with Gasteiger partial charge in [-0.1, -0.05) is 58.7 Å². The molecule has 4 aromatic rings. The highest BCUT2D eigenvalue weighted by Gasteiger charge is 2.16. The fourth-order valence-electron chi connectivity index (χ4n) is 3.93. The van der Waals surface area contributed by atoms with Crippen molar-refractivity contribution in [2.75, 3.05) is 0 Å². The largest absolute Gasteiger partial charge is 0.422 e. The first-order valence-electron chi connectivity index (χ1n) is 10.4. The Hall–Kier alpha value is -3.92. The number of fused-ring (bicyclic) bond motifs is 1. The lowest BCUT2D eigenvalue weighted by atomic mass is 10.1. The van der Waals surface area contributed by atoms with E-state index >= 15 is 0 Å². The number of hydrogen-bond donors (Lipinski definition) is 0. The van der Waals surface area contributed by atoms with Crippen molar-refractivity contribution in [3.63, 3.8) is 0 Å². The summed E-state index contributed by atoms with van der Waals surface area (Å²) in [5.41, 5.74) is 4.98. The number of hydrogen-bond acceptors (Lipinski definition) is 4. The molecule has 4 aromatic carbocycles. The molecule has 0 spiro atoms. The highest BCUT2D eigenvalue weighted by Crippen LogP contribution is 2.33. The van der Waals surface area contributed by atoms with Crippen molar-refractivity contribution in [2.45, 2.75) is 27.7 Å². The van der Waals surface area contributed by atoms with Crippen molar-refractivity contribution < 1.29 is 19.1 Å². The third-order valence-corrected chi connectivity index (χ3v) is 5.16. The Bertz CT molecular complexity index is 1210. The van der Waals surface area contributed by atoms with Gasteiger partial charge in [-0.05, 0) is 64.1 Å². The van der Waals surface area contributed by atoms with Gasteiger partial charge in [0.1, 0.15) is 11.5 Å². The molecule has 4 nitrogen and oxygen atoms in total. The fraction of sp³-hybridized carbons (Fsp3) is 0.143. The lowest BCUT2D eigenvalue weighted by Gasteiger charge is -2.12. The van der Waals surface area contributed by atoms with E-state index in [0.717, 1.165) is 22.3 Å². The first kappa shape index (κ1) is 21.3. The highest BCUT2D eigenvalue weighted by molar-refractivity contribution is 6.00. The molecule has 0 fully saturated rings. The molecule has 0 unspecified atom stereocenters. The third-order valence-electron chi connectivity index (χ3n) is 5.16. The number of ether oxygens (including phenoxy) is 2. The Kier molecular flexibility index (Phi) is 5.78. The normalized spacial score (nSPS) is 10.8. The third kappa shape index (κ3) is 4.54. The van der Waals surface area contributed by atoms with Gasteiger partial charge in [-0.3, -0.25) is 0 Å². The zero-order valence-corrected chi connectivity index (χ0v) is 18.6. The predicted octanol–water partition coefficient (Wildman–Crippen LogP) is 6.51. The first-order valence-corrected chi connectivity index (χ1v) is 10.4. The van der Waals surface area contributed by atoms with Crippen LogP contribution in [-0.2, 0) is 0 Å². The number of carbonyl (C=O) groups is 2. The van der Waals surface area contributed by atoms with E-state index in [-0.39, 0.29) is 0 Å². The molecule has 32 heavy (non-hydrogen) atoms. The standard InChI is InChI=1S/C28H24O4/c1-17-11-18(2)14-21(13-17)27(29)31-25-9-5-8-24-23(25)7-6-10-26(24)32-28(30)22-15-19(3)12-20(4)16-22/h5-16H,1-4H3. The number of aryl methyl sites for hydroxylation is 4. The molecule has 0 saturated carbocycles. The van der Waals surface area contributed by atoms with Crippen LogP contribution >= 0.6 is 0 Å². The number of benzene rings is 4. The van der Waals surface area contributed by atoms with Crippen LogP contribution in [0, 0.1) is 27.7 Å². The average molecular weight is 424 g/mol. The van der Waals surface area contributed by atoms with Crippen LogP contribution in [-0.4, -0.2) is 11.9 Å². The van der Waals surface area contributed by atoms with Gasteiger partial charge in [0.15, 0.2) is 0 Å². The molecule has 0 atom stereocenters. The topological polar surface area (TPSA) is 52.6 Å². The zero-order valence-electron chi connectivity index (χ0n) is 18.6. The lowest BCUT2D eigenvalue weighted by Crippen LogP contribution is -2.10. The second kappa shape index (κ2) is 8.67. The van der Waals surface area contributed by atoms with Gasteiger partial charge in [0, 0.05) is 10.8 Å². The summed E-state index contributed by atoms with van der Waals surface area (Å²) in [5.74, 6) is -0.0317. The Labute approximate surface area is 187 Å². The van der Waals surface area contributed by atoms with Gasteiger partial charge in [0.25, 0.3) is 0 Å². The number of rotatable bonds is 4. The molecule has 0 bridgehead atoms. The van der Waals surface area contributed by atoms with Crippen LogP contribution in [0.15, 0.2) is 72.8 Å². The minimum atomic E-state index is -0.429. The highest BCUT2D eigenvalue weighted by atomic mass is 16.5. The summed E-state index contributed by atoms with van der Waals surface area (Å²) in [6, 6.07) is 21.9. The van der Waals surface area contributed by atoms with Crippen molar-refractivity contribution in [1.29, 1.82) is 0 Å². The van der Waals surface area contributed by atoms with Crippen molar-refractivity contribution in [3.8, 4) is 11.5 Å². The van der Waals surface area contributed by atoms with E-state index < -0.39 is 11.9 Å². The summed E-state index contributed by atoms with van der Waals surface area (Å²) in [6.07, 6.45) is 0. The molecule has 0 N–H and O–H groups in total. The Balaban J connectivity index is 1.65. The van der Waals surface area contributed by atoms with Crippen molar-refractivity contribution in [1.82, 2.24) is 0 Å². The quantitative estimate of drug-likeness (QED) is 0.277. The maximum atomic E-state index is 12.8. The summed E-state index contributed by atoms with van der Waals surface area (Å²) in [4.78, 5) is 25.5. The van der Waals surface area contributed by atoms with Gasteiger partial charge < -0.3 is 9.47 Å². The summed E-state index contributed by atoms with van der Waals surface area (Å²) in [5, 5.41) is 1.38. The van der Waals surface area contributed by atoms with Gasteiger partial charge in [0.2, 0.25) is 0 Å². The second-order valence-corrected chi connectivity index (χ2v) is 8.14. The first-order chi connectivity index (χ1) is 15.3. The molecule has 0 aliphatic carbocycles. The van der Waals surface area contributed by atoms with Crippen molar-refractivity contribution in [2.24, 2.45) is 0 Å². The van der Waals surface area contributed by atoms with E-state index in [1.54, 1.807) is 48.5 Å². The van der Waals surface area contributed by atoms with Crippen LogP contribution in [0.3, 0.4) is 0 Å². The van der Waals surface area contributed by atoms with Crippen LogP contribution in [0.5, 0.6) is 11.5 Å². The van der Waals surface area contributed by atoms with Crippen molar-refractivity contribution >= 4 is 22.7 Å². The van der Waals surface area contributed by atoms with E-state index in [9.17, 15) is 9.59 Å². The maximum Gasteiger partial charge on any atom is 0.343 e. The number of esters is 2. The van der Waals surface area contributed by atoms with E-state index in [0.29, 0.717) is 33.4 Å². The Morgan fingerprint density at radius 3 is 1.22 bits per heavy atom. The molecule has 0 aliphatic rings. The molecule has 0 heterocycles. The Morgan fingerprint density at radius 2 is 0.875 bits per heavy atom. The predicted molar refractivity (Wildman–Crippen MR) is 126 cm³/mol. The van der Waals surface area contributed by atoms with Gasteiger partial charge >= 0.3 is 11.9 Å². The smallest absolute Gasteiger partial charge is 0.343 e. The van der Waals surface area contributed by atoms with E-state index in [1.165, 1.54) is 0 Å². The molecule has 0 amide bonds. The molecular formula is C28H24O4. The molecule has 0 aliphatic heterocycles. The van der Waals surface area contributed by atoms with E-state index in [1.807, 2.05) is 52.0 Å². The average Bonchev–Trinajstić information content (AvgIpc) is 2.73. The van der Waals surface area contributed by atoms with Gasteiger partial charge in [-0.2, -0.15) is 0 Å². The van der Waals surface area contributed by atoms with Crippen LogP contribution in [0.4, 0.5) is 0 Å². The second-order valence-electron chi connectivity index (χ2n) is 8.14. The molecule has 160 valence electrons. The van der Waals surface area contributed by atoms with Gasteiger partial charge in [0.05, 0.1) is 11.1 Å². The summed E-state index contributed by atoms with van der Waals surface area (Å²) >= 11 is 0. The van der Waals surface area contributed by atoms with Crippen LogP contribution in [0.1, 0.15) is 43.0 Å². The molecule has 4 heteroatoms. The summed E-state index contributed by atoms with van der Waals surface area (Å²) in [6.45, 7) is 7.77. The summed E-state index contributed by atoms with van der Waals surface area (Å²) in [7, 11) is 0. The molecule has 4 rings (SSSR count).